The van der Waals surface area contributed by atoms with Crippen LogP contribution in [0.1, 0.15) is 46.0 Å². The highest BCUT2D eigenvalue weighted by atomic mass is 16.4. The maximum Gasteiger partial charge on any atom is 0.306 e. The van der Waals surface area contributed by atoms with Crippen molar-refractivity contribution in [2.24, 2.45) is 11.8 Å². The van der Waals surface area contributed by atoms with Gasteiger partial charge in [-0.25, -0.2) is 0 Å². The van der Waals surface area contributed by atoms with E-state index in [2.05, 4.69) is 5.32 Å². The van der Waals surface area contributed by atoms with E-state index in [1.54, 1.807) is 0 Å². The van der Waals surface area contributed by atoms with Crippen LogP contribution in [-0.2, 0) is 9.59 Å². The van der Waals surface area contributed by atoms with Crippen molar-refractivity contribution in [1.82, 2.24) is 5.32 Å². The zero-order chi connectivity index (χ0) is 12.1. The van der Waals surface area contributed by atoms with Crippen molar-refractivity contribution in [3.63, 3.8) is 0 Å². The second-order valence-electron chi connectivity index (χ2n) is 4.57. The Hall–Kier alpha value is -1.06. The molecule has 0 saturated heterocycles. The largest absolute Gasteiger partial charge is 0.481 e. The van der Waals surface area contributed by atoms with Crippen LogP contribution in [0.4, 0.5) is 0 Å². The number of carboxylic acid groups (broad SMARTS) is 1. The Morgan fingerprint density at radius 1 is 1.31 bits per heavy atom. The minimum Gasteiger partial charge on any atom is -0.481 e. The Morgan fingerprint density at radius 2 is 1.94 bits per heavy atom. The second-order valence-corrected chi connectivity index (χ2v) is 4.57. The predicted molar refractivity (Wildman–Crippen MR) is 61.0 cm³/mol. The molecule has 0 aromatic rings. The normalized spacial score (nSPS) is 24.7. The van der Waals surface area contributed by atoms with E-state index in [0.29, 0.717) is 12.8 Å². The number of nitrogens with one attached hydrogen (secondary N) is 1. The summed E-state index contributed by atoms with van der Waals surface area (Å²) >= 11 is 0. The first kappa shape index (κ1) is 13.0. The van der Waals surface area contributed by atoms with Gasteiger partial charge in [-0.3, -0.25) is 9.59 Å². The van der Waals surface area contributed by atoms with Crippen LogP contribution in [0.15, 0.2) is 0 Å². The molecule has 0 aromatic carbocycles. The minimum absolute atomic E-state index is 0.0641. The van der Waals surface area contributed by atoms with Crippen LogP contribution in [0.25, 0.3) is 0 Å². The molecule has 0 unspecified atom stereocenters. The lowest BCUT2D eigenvalue weighted by Crippen LogP contribution is -2.37. The highest BCUT2D eigenvalue weighted by molar-refractivity contribution is 5.79. The highest BCUT2D eigenvalue weighted by Gasteiger charge is 2.31. The van der Waals surface area contributed by atoms with Gasteiger partial charge in [0.2, 0.25) is 5.91 Å². The first-order chi connectivity index (χ1) is 7.58. The summed E-state index contributed by atoms with van der Waals surface area (Å²) in [6.07, 6.45) is 3.75. The molecule has 1 saturated carbocycles. The molecule has 4 heteroatoms. The van der Waals surface area contributed by atoms with Crippen LogP contribution in [-0.4, -0.2) is 23.0 Å². The third-order valence-corrected chi connectivity index (χ3v) is 3.48. The molecule has 0 aromatic heterocycles. The Kier molecular flexibility index (Phi) is 4.77. The molecule has 2 atom stereocenters. The van der Waals surface area contributed by atoms with Crippen molar-refractivity contribution >= 4 is 11.9 Å². The highest BCUT2D eigenvalue weighted by Crippen LogP contribution is 2.26. The molecule has 4 nitrogen and oxygen atoms in total. The second kappa shape index (κ2) is 5.87. The van der Waals surface area contributed by atoms with Gasteiger partial charge in [0, 0.05) is 12.0 Å². The average molecular weight is 227 g/mol. The van der Waals surface area contributed by atoms with E-state index in [1.807, 2.05) is 13.8 Å². The fourth-order valence-electron chi connectivity index (χ4n) is 2.32. The summed E-state index contributed by atoms with van der Waals surface area (Å²) < 4.78 is 0. The van der Waals surface area contributed by atoms with E-state index >= 15 is 0 Å². The predicted octanol–water partition coefficient (Wildman–Crippen LogP) is 1.79. The lowest BCUT2D eigenvalue weighted by Gasteiger charge is -2.17. The summed E-state index contributed by atoms with van der Waals surface area (Å²) in [6, 6.07) is 0.0641. The number of rotatable bonds is 5. The van der Waals surface area contributed by atoms with E-state index in [-0.39, 0.29) is 23.8 Å². The molecule has 0 spiro atoms. The Labute approximate surface area is 96.4 Å². The van der Waals surface area contributed by atoms with Crippen LogP contribution in [0, 0.1) is 11.8 Å². The summed E-state index contributed by atoms with van der Waals surface area (Å²) in [7, 11) is 0. The van der Waals surface area contributed by atoms with E-state index in [1.165, 1.54) is 0 Å². The topological polar surface area (TPSA) is 66.4 Å². The zero-order valence-corrected chi connectivity index (χ0v) is 10.0. The number of carboxylic acids is 1. The van der Waals surface area contributed by atoms with Gasteiger partial charge in [-0.15, -0.1) is 0 Å². The molecule has 0 heterocycles. The van der Waals surface area contributed by atoms with Gasteiger partial charge in [-0.2, -0.15) is 0 Å². The van der Waals surface area contributed by atoms with Crippen molar-refractivity contribution in [3.8, 4) is 0 Å². The molecule has 0 bridgehead atoms. The number of aliphatic carboxylic acids is 1. The van der Waals surface area contributed by atoms with Crippen LogP contribution in [0.2, 0.25) is 0 Å². The van der Waals surface area contributed by atoms with Gasteiger partial charge in [-0.1, -0.05) is 13.8 Å². The fourth-order valence-corrected chi connectivity index (χ4v) is 2.32. The average Bonchev–Trinajstić information content (AvgIpc) is 2.68. The van der Waals surface area contributed by atoms with Crippen LogP contribution in [0.3, 0.4) is 0 Å². The molecule has 1 amide bonds. The monoisotopic (exact) mass is 227 g/mol. The van der Waals surface area contributed by atoms with E-state index in [0.717, 1.165) is 19.3 Å². The molecule has 1 rings (SSSR count). The standard InChI is InChI=1S/C12H21NO3/c1-3-8(4-2)11(14)13-10-6-5-9(7-10)12(15)16/h8-10H,3-7H2,1-2H3,(H,13,14)(H,15,16)/t9-,10+/m0/s1. The van der Waals surface area contributed by atoms with Gasteiger partial charge in [0.05, 0.1) is 5.92 Å². The molecule has 2 N–H and O–H groups in total. The lowest BCUT2D eigenvalue weighted by molar-refractivity contribution is -0.141. The number of amides is 1. The molecule has 1 aliphatic rings. The van der Waals surface area contributed by atoms with Crippen molar-refractivity contribution in [2.75, 3.05) is 0 Å². The van der Waals surface area contributed by atoms with E-state index in [4.69, 9.17) is 5.11 Å². The first-order valence-electron chi connectivity index (χ1n) is 6.11. The maximum atomic E-state index is 11.8. The molecular weight excluding hydrogens is 206 g/mol. The number of carbonyl (C=O) groups is 2. The summed E-state index contributed by atoms with van der Waals surface area (Å²) in [5.74, 6) is -0.851. The molecular formula is C12H21NO3. The van der Waals surface area contributed by atoms with Gasteiger partial charge in [-0.05, 0) is 32.1 Å². The summed E-state index contributed by atoms with van der Waals surface area (Å²) in [5.41, 5.74) is 0. The molecule has 1 aliphatic carbocycles. The van der Waals surface area contributed by atoms with E-state index < -0.39 is 5.97 Å². The van der Waals surface area contributed by atoms with Crippen molar-refractivity contribution in [2.45, 2.75) is 52.0 Å². The molecule has 92 valence electrons. The third kappa shape index (κ3) is 3.22. The number of hydrogen-bond acceptors (Lipinski definition) is 2. The lowest BCUT2D eigenvalue weighted by atomic mass is 10.0. The zero-order valence-electron chi connectivity index (χ0n) is 10.0. The Bertz CT molecular complexity index is 261. The van der Waals surface area contributed by atoms with Crippen molar-refractivity contribution in [3.05, 3.63) is 0 Å². The van der Waals surface area contributed by atoms with Crippen molar-refractivity contribution in [1.29, 1.82) is 0 Å². The van der Waals surface area contributed by atoms with Gasteiger partial charge >= 0.3 is 5.97 Å². The molecule has 0 aliphatic heterocycles. The van der Waals surface area contributed by atoms with Gasteiger partial charge in [0.1, 0.15) is 0 Å². The van der Waals surface area contributed by atoms with Gasteiger partial charge < -0.3 is 10.4 Å². The first-order valence-corrected chi connectivity index (χ1v) is 6.11. The van der Waals surface area contributed by atoms with Crippen LogP contribution >= 0.6 is 0 Å². The summed E-state index contributed by atoms with van der Waals surface area (Å²) in [4.78, 5) is 22.5. The van der Waals surface area contributed by atoms with E-state index in [9.17, 15) is 9.59 Å². The summed E-state index contributed by atoms with van der Waals surface area (Å²) in [6.45, 7) is 4.00. The van der Waals surface area contributed by atoms with Crippen LogP contribution < -0.4 is 5.32 Å². The molecule has 16 heavy (non-hydrogen) atoms. The smallest absolute Gasteiger partial charge is 0.306 e. The quantitative estimate of drug-likeness (QED) is 0.752. The Balaban J connectivity index is 2.39. The third-order valence-electron chi connectivity index (χ3n) is 3.48. The number of hydrogen-bond donors (Lipinski definition) is 2. The Morgan fingerprint density at radius 3 is 2.38 bits per heavy atom. The SMILES string of the molecule is CCC(CC)C(=O)N[C@@H]1CC[C@H](C(=O)O)C1. The van der Waals surface area contributed by atoms with Crippen molar-refractivity contribution < 1.29 is 14.7 Å². The van der Waals surface area contributed by atoms with Gasteiger partial charge in [0.15, 0.2) is 0 Å². The minimum atomic E-state index is -0.737. The summed E-state index contributed by atoms with van der Waals surface area (Å²) in [5, 5.41) is 11.8. The number of carbonyl (C=O) groups excluding carboxylic acids is 1. The van der Waals surface area contributed by atoms with Gasteiger partial charge in [0.25, 0.3) is 0 Å². The molecule has 1 fully saturated rings. The van der Waals surface area contributed by atoms with Crippen LogP contribution in [0.5, 0.6) is 0 Å². The molecule has 0 radical (unpaired) electrons. The maximum absolute atomic E-state index is 11.8. The fraction of sp³-hybridized carbons (Fsp3) is 0.833.